The van der Waals surface area contributed by atoms with Crippen LogP contribution in [0.25, 0.3) is 0 Å². The molecule has 0 N–H and O–H groups in total. The van der Waals surface area contributed by atoms with Crippen molar-refractivity contribution in [2.75, 3.05) is 108 Å². The molecule has 0 aliphatic heterocycles. The number of hydrogen-bond acceptors (Lipinski definition) is 12. The number of nitrogens with zero attached hydrogens (tertiary/aromatic N) is 2. The van der Waals surface area contributed by atoms with E-state index >= 15 is 0 Å². The van der Waals surface area contributed by atoms with E-state index in [0.29, 0.717) is 86.6 Å². The Bertz CT molecular complexity index is 1800. The maximum atomic E-state index is 13.2. The average molecular weight is 983 g/mol. The van der Waals surface area contributed by atoms with Gasteiger partial charge in [-0.05, 0) is 74.9 Å². The minimum absolute atomic E-state index is 0.173. The van der Waals surface area contributed by atoms with Gasteiger partial charge in [0.1, 0.15) is 26.3 Å². The van der Waals surface area contributed by atoms with Crippen LogP contribution in [0.5, 0.6) is 23.0 Å². The maximum absolute atomic E-state index is 13.2. The van der Waals surface area contributed by atoms with E-state index in [-0.39, 0.29) is 25.2 Å². The molecule has 0 unspecified atom stereocenters. The fourth-order valence-electron chi connectivity index (χ4n) is 7.00. The third kappa shape index (κ3) is 31.2. The number of quaternary nitrogens is 2. The molecule has 0 bridgehead atoms. The Morgan fingerprint density at radius 1 is 0.371 bits per heavy atom. The Hall–Kier alpha value is -5.08. The highest BCUT2D eigenvalue weighted by Crippen LogP contribution is 2.31. The van der Waals surface area contributed by atoms with Gasteiger partial charge in [0.15, 0.2) is 23.0 Å². The molecule has 0 amide bonds. The standard InChI is InChI=1S/C56H90N2O12/c1-9-53(59)67-39-27-23-19-15-11-13-17-21-25-37-63-49-33-31-47(45-51(49)64-38-26-22-18-14-12-16-20-24-28-40-68-54(60)10-2)55(61)69-41-29-30-42-70-56(62)48-32-34-50(65-43-35-57(3,4)5)52(46-48)66-44-36-58(6,7)8/h9-10,31-34,45-46H,1-2,11-30,35-44H2,3-8H3/q+2. The lowest BCUT2D eigenvalue weighted by molar-refractivity contribution is -0.870. The van der Waals surface area contributed by atoms with E-state index in [1.54, 1.807) is 36.4 Å². The molecule has 0 radical (unpaired) electrons. The SMILES string of the molecule is C=CC(=O)OCCCCCCCCCCCOc1ccc(C(=O)OCCCCOC(=O)c2ccc(OCC[N+](C)(C)C)c(OCC[N+](C)(C)C)c2)cc1OCCCCCCCCCCCOC(=O)C=C. The molecule has 0 heterocycles. The number of hydrogen-bond donors (Lipinski definition) is 0. The first-order valence-electron chi connectivity index (χ1n) is 25.9. The summed E-state index contributed by atoms with van der Waals surface area (Å²) in [5.74, 6) is 0.608. The number of rotatable bonds is 43. The van der Waals surface area contributed by atoms with Gasteiger partial charge in [-0.15, -0.1) is 0 Å². The van der Waals surface area contributed by atoms with E-state index in [4.69, 9.17) is 37.9 Å². The molecular weight excluding hydrogens is 893 g/mol. The Morgan fingerprint density at radius 2 is 0.643 bits per heavy atom. The summed E-state index contributed by atoms with van der Waals surface area (Å²) < 4.78 is 47.4. The predicted molar refractivity (Wildman–Crippen MR) is 276 cm³/mol. The predicted octanol–water partition coefficient (Wildman–Crippen LogP) is 10.9. The van der Waals surface area contributed by atoms with Crippen LogP contribution in [0.15, 0.2) is 61.7 Å². The molecule has 14 heteroatoms. The van der Waals surface area contributed by atoms with Crippen LogP contribution in [0.4, 0.5) is 0 Å². The summed E-state index contributed by atoms with van der Waals surface area (Å²) in [6.45, 7) is 11.7. The number of likely N-dealkylation sites (N-methyl/N-ethyl adjacent to an activating group) is 2. The van der Waals surface area contributed by atoms with Crippen molar-refractivity contribution in [3.05, 3.63) is 72.8 Å². The van der Waals surface area contributed by atoms with E-state index in [9.17, 15) is 19.2 Å². The Labute approximate surface area is 421 Å². The number of esters is 4. The maximum Gasteiger partial charge on any atom is 0.338 e. The molecular formula is C56H90N2O12+2. The normalized spacial score (nSPS) is 11.3. The van der Waals surface area contributed by atoms with Gasteiger partial charge in [-0.3, -0.25) is 0 Å². The molecule has 0 aliphatic rings. The Morgan fingerprint density at radius 3 is 0.986 bits per heavy atom. The first-order valence-corrected chi connectivity index (χ1v) is 25.9. The number of benzene rings is 2. The molecule has 2 aromatic rings. The summed E-state index contributed by atoms with van der Waals surface area (Å²) in [6.07, 6.45) is 22.8. The first-order chi connectivity index (χ1) is 33.6. The zero-order chi connectivity index (χ0) is 51.3. The highest BCUT2D eigenvalue weighted by molar-refractivity contribution is 5.91. The lowest BCUT2D eigenvalue weighted by atomic mass is 10.1. The molecule has 14 nitrogen and oxygen atoms in total. The molecule has 70 heavy (non-hydrogen) atoms. The van der Waals surface area contributed by atoms with Crippen LogP contribution in [0, 0.1) is 0 Å². The average Bonchev–Trinajstić information content (AvgIpc) is 3.32. The quantitative estimate of drug-likeness (QED) is 0.0205. The third-order valence-corrected chi connectivity index (χ3v) is 11.3. The second kappa shape index (κ2) is 36.8. The summed E-state index contributed by atoms with van der Waals surface area (Å²) >= 11 is 0. The van der Waals surface area contributed by atoms with Crippen molar-refractivity contribution >= 4 is 23.9 Å². The highest BCUT2D eigenvalue weighted by atomic mass is 16.6. The van der Waals surface area contributed by atoms with Crippen molar-refractivity contribution in [3.8, 4) is 23.0 Å². The lowest BCUT2D eigenvalue weighted by Crippen LogP contribution is -2.38. The van der Waals surface area contributed by atoms with Gasteiger partial charge in [0, 0.05) is 12.2 Å². The van der Waals surface area contributed by atoms with Gasteiger partial charge in [-0.25, -0.2) is 19.2 Å². The van der Waals surface area contributed by atoms with Gasteiger partial charge >= 0.3 is 23.9 Å². The van der Waals surface area contributed by atoms with E-state index in [1.807, 2.05) is 0 Å². The summed E-state index contributed by atoms with van der Waals surface area (Å²) in [6, 6.07) is 10.3. The van der Waals surface area contributed by atoms with Gasteiger partial charge in [0.25, 0.3) is 0 Å². The van der Waals surface area contributed by atoms with E-state index in [1.165, 1.54) is 44.3 Å². The summed E-state index contributed by atoms with van der Waals surface area (Å²) in [5, 5.41) is 0. The molecule has 0 saturated carbocycles. The Balaban J connectivity index is 1.83. The van der Waals surface area contributed by atoms with Crippen LogP contribution in [0.3, 0.4) is 0 Å². The molecule has 0 atom stereocenters. The second-order valence-electron chi connectivity index (χ2n) is 19.8. The molecule has 0 aliphatic carbocycles. The summed E-state index contributed by atoms with van der Waals surface area (Å²) in [4.78, 5) is 48.5. The molecule has 0 aromatic heterocycles. The van der Waals surface area contributed by atoms with Crippen LogP contribution in [-0.4, -0.2) is 141 Å². The van der Waals surface area contributed by atoms with Crippen molar-refractivity contribution < 1.29 is 66.0 Å². The third-order valence-electron chi connectivity index (χ3n) is 11.3. The van der Waals surface area contributed by atoms with Crippen molar-refractivity contribution in [1.82, 2.24) is 0 Å². The zero-order valence-electron chi connectivity index (χ0n) is 44.0. The number of carbonyl (C=O) groups is 4. The van der Waals surface area contributed by atoms with Crippen LogP contribution in [0.2, 0.25) is 0 Å². The first kappa shape index (κ1) is 61.0. The largest absolute Gasteiger partial charge is 0.490 e. The van der Waals surface area contributed by atoms with Crippen molar-refractivity contribution in [1.29, 1.82) is 0 Å². The topological polar surface area (TPSA) is 142 Å². The molecule has 0 fully saturated rings. The van der Waals surface area contributed by atoms with Crippen LogP contribution in [-0.2, 0) is 28.5 Å². The van der Waals surface area contributed by atoms with Crippen molar-refractivity contribution in [2.45, 2.75) is 128 Å². The molecule has 0 saturated heterocycles. The van der Waals surface area contributed by atoms with Crippen molar-refractivity contribution in [3.63, 3.8) is 0 Å². The zero-order valence-corrected chi connectivity index (χ0v) is 44.0. The number of ether oxygens (including phenoxy) is 8. The van der Waals surface area contributed by atoms with Crippen LogP contribution in [0.1, 0.15) is 149 Å². The Kier molecular flexibility index (Phi) is 32.1. The molecule has 0 spiro atoms. The van der Waals surface area contributed by atoms with Crippen LogP contribution < -0.4 is 18.9 Å². The fraction of sp³-hybridized carbons (Fsp3) is 0.643. The fourth-order valence-corrected chi connectivity index (χ4v) is 7.00. The molecule has 2 aromatic carbocycles. The van der Waals surface area contributed by atoms with Gasteiger partial charge < -0.3 is 46.9 Å². The van der Waals surface area contributed by atoms with Gasteiger partial charge in [0.05, 0.1) is 93.1 Å². The van der Waals surface area contributed by atoms with Gasteiger partial charge in [0.2, 0.25) is 0 Å². The molecule has 394 valence electrons. The van der Waals surface area contributed by atoms with Crippen molar-refractivity contribution in [2.24, 2.45) is 0 Å². The highest BCUT2D eigenvalue weighted by Gasteiger charge is 2.17. The van der Waals surface area contributed by atoms with E-state index < -0.39 is 11.9 Å². The monoisotopic (exact) mass is 983 g/mol. The van der Waals surface area contributed by atoms with E-state index in [2.05, 4.69) is 55.4 Å². The summed E-state index contributed by atoms with van der Waals surface area (Å²) in [7, 11) is 12.6. The minimum Gasteiger partial charge on any atom is -0.490 e. The van der Waals surface area contributed by atoms with Gasteiger partial charge in [-0.1, -0.05) is 103 Å². The summed E-state index contributed by atoms with van der Waals surface area (Å²) in [5.41, 5.74) is 0.762. The lowest BCUT2D eigenvalue weighted by Gasteiger charge is -2.25. The number of unbranched alkanes of at least 4 members (excludes halogenated alkanes) is 17. The second-order valence-corrected chi connectivity index (χ2v) is 19.8. The van der Waals surface area contributed by atoms with Gasteiger partial charge in [-0.2, -0.15) is 0 Å². The smallest absolute Gasteiger partial charge is 0.338 e. The minimum atomic E-state index is -0.458. The number of carbonyl (C=O) groups excluding carboxylic acids is 4. The van der Waals surface area contributed by atoms with Crippen LogP contribution >= 0.6 is 0 Å². The van der Waals surface area contributed by atoms with E-state index in [0.717, 1.165) is 106 Å². The molecule has 2 rings (SSSR count).